The van der Waals surface area contributed by atoms with E-state index >= 15 is 0 Å². The molecule has 49 heavy (non-hydrogen) atoms. The molecule has 3 aliphatic rings. The first-order valence-corrected chi connectivity index (χ1v) is 17.3. The summed E-state index contributed by atoms with van der Waals surface area (Å²) in [5.74, 6) is 1.36. The van der Waals surface area contributed by atoms with Gasteiger partial charge in [-0.1, -0.05) is 12.6 Å². The van der Waals surface area contributed by atoms with Crippen LogP contribution < -0.4 is 14.5 Å². The Morgan fingerprint density at radius 1 is 1.06 bits per heavy atom. The molecule has 0 saturated carbocycles. The number of aromatic nitrogens is 4. The maximum atomic E-state index is 12.8. The molecule has 3 aromatic heterocycles. The Kier molecular flexibility index (Phi) is 8.99. The first-order chi connectivity index (χ1) is 23.8. The molecule has 4 aromatic rings. The Bertz CT molecular complexity index is 1930. The number of ether oxygens (including phenoxy) is 1. The maximum Gasteiger partial charge on any atom is 0.246 e. The Morgan fingerprint density at radius 3 is 2.67 bits per heavy atom. The third-order valence-electron chi connectivity index (χ3n) is 10.7. The number of benzene rings is 1. The molecule has 0 bridgehead atoms. The second-order valence-electron chi connectivity index (χ2n) is 13.6. The van der Waals surface area contributed by atoms with Crippen molar-refractivity contribution < 1.29 is 9.53 Å². The zero-order chi connectivity index (χ0) is 34.2. The molecule has 0 aliphatic carbocycles. The predicted molar refractivity (Wildman–Crippen MR) is 192 cm³/mol. The number of nitrogens with zero attached hydrogens (tertiary/aromatic N) is 8. The number of rotatable bonds is 8. The zero-order valence-corrected chi connectivity index (χ0v) is 29.0. The van der Waals surface area contributed by atoms with Gasteiger partial charge in [0.25, 0.3) is 0 Å². The van der Waals surface area contributed by atoms with E-state index in [1.54, 1.807) is 11.2 Å². The third-order valence-corrected chi connectivity index (χ3v) is 10.7. The Labute approximate surface area is 288 Å². The van der Waals surface area contributed by atoms with Crippen LogP contribution in [0.15, 0.2) is 43.4 Å². The zero-order valence-electron chi connectivity index (χ0n) is 29.0. The van der Waals surface area contributed by atoms with Gasteiger partial charge in [-0.05, 0) is 88.5 Å². The minimum atomic E-state index is -0.263. The van der Waals surface area contributed by atoms with Crippen molar-refractivity contribution in [3.63, 3.8) is 0 Å². The van der Waals surface area contributed by atoms with Gasteiger partial charge in [-0.2, -0.15) is 10.2 Å². The largest absolute Gasteiger partial charge is 0.475 e. The van der Waals surface area contributed by atoms with E-state index in [1.807, 2.05) is 6.20 Å². The average Bonchev–Trinajstić information content (AvgIpc) is 3.75. The molecule has 7 rings (SSSR count). The number of nitriles is 1. The highest BCUT2D eigenvalue weighted by atomic mass is 16.5. The first kappa shape index (κ1) is 32.6. The monoisotopic (exact) mass is 659 g/mol. The Balaban J connectivity index is 1.40. The highest BCUT2D eigenvalue weighted by Crippen LogP contribution is 2.45. The lowest BCUT2D eigenvalue weighted by Gasteiger charge is -2.43. The number of likely N-dealkylation sites (N-methyl/N-ethyl adjacent to an activating group) is 1. The molecule has 254 valence electrons. The number of likely N-dealkylation sites (tertiary alicyclic amines) is 1. The van der Waals surface area contributed by atoms with Gasteiger partial charge in [-0.25, -0.2) is 4.98 Å². The van der Waals surface area contributed by atoms with Crippen LogP contribution in [0, 0.1) is 32.1 Å². The van der Waals surface area contributed by atoms with E-state index in [2.05, 4.69) is 78.3 Å². The van der Waals surface area contributed by atoms with Gasteiger partial charge in [-0.15, -0.1) is 0 Å². The number of aryl methyl sites for hydroxylation is 3. The lowest BCUT2D eigenvalue weighted by atomic mass is 9.88. The van der Waals surface area contributed by atoms with Crippen LogP contribution in [0.2, 0.25) is 0 Å². The number of piperazine rings is 1. The van der Waals surface area contributed by atoms with Gasteiger partial charge in [0.1, 0.15) is 17.9 Å². The van der Waals surface area contributed by atoms with Crippen molar-refractivity contribution in [1.82, 2.24) is 29.7 Å². The molecule has 1 N–H and O–H groups in total. The number of amides is 1. The number of hydrogen-bond acceptors (Lipinski definition) is 9. The summed E-state index contributed by atoms with van der Waals surface area (Å²) in [5, 5.41) is 9.72. The molecule has 0 unspecified atom stereocenters. The fourth-order valence-electron chi connectivity index (χ4n) is 8.07. The minimum absolute atomic E-state index is 0.143. The first-order valence-electron chi connectivity index (χ1n) is 17.3. The van der Waals surface area contributed by atoms with Crippen LogP contribution in [0.25, 0.3) is 22.2 Å². The van der Waals surface area contributed by atoms with E-state index in [0.29, 0.717) is 44.7 Å². The molecule has 0 radical (unpaired) electrons. The molecule has 6 heterocycles. The summed E-state index contributed by atoms with van der Waals surface area (Å²) in [4.78, 5) is 39.8. The molecular formula is C38H45N9O2. The van der Waals surface area contributed by atoms with Crippen molar-refractivity contribution in [1.29, 1.82) is 5.26 Å². The average molecular weight is 660 g/mol. The smallest absolute Gasteiger partial charge is 0.246 e. The number of fused-ring (bicyclic) bond motifs is 2. The van der Waals surface area contributed by atoms with Crippen LogP contribution in [-0.2, 0) is 17.8 Å². The van der Waals surface area contributed by atoms with Gasteiger partial charge in [0.2, 0.25) is 11.8 Å². The summed E-state index contributed by atoms with van der Waals surface area (Å²) < 4.78 is 6.85. The van der Waals surface area contributed by atoms with Crippen molar-refractivity contribution in [2.24, 2.45) is 0 Å². The highest BCUT2D eigenvalue weighted by molar-refractivity contribution is 5.91. The fraction of sp³-hybridized carbons (Fsp3) is 0.447. The highest BCUT2D eigenvalue weighted by Gasteiger charge is 2.36. The van der Waals surface area contributed by atoms with Crippen LogP contribution in [0.4, 0.5) is 11.5 Å². The van der Waals surface area contributed by atoms with Crippen LogP contribution >= 0.6 is 0 Å². The summed E-state index contributed by atoms with van der Waals surface area (Å²) >= 11 is 0. The second-order valence-corrected chi connectivity index (χ2v) is 13.6. The summed E-state index contributed by atoms with van der Waals surface area (Å²) in [5.41, 5.74) is 10.8. The lowest BCUT2D eigenvalue weighted by Crippen LogP contribution is -2.55. The van der Waals surface area contributed by atoms with Crippen LogP contribution in [-0.4, -0.2) is 94.1 Å². The van der Waals surface area contributed by atoms with Gasteiger partial charge < -0.3 is 29.3 Å². The van der Waals surface area contributed by atoms with Gasteiger partial charge in [-0.3, -0.25) is 9.78 Å². The molecule has 11 heteroatoms. The van der Waals surface area contributed by atoms with Crippen LogP contribution in [0.1, 0.15) is 47.2 Å². The van der Waals surface area contributed by atoms with E-state index < -0.39 is 0 Å². The maximum absolute atomic E-state index is 12.8. The molecular weight excluding hydrogens is 614 g/mol. The molecule has 1 amide bonds. The summed E-state index contributed by atoms with van der Waals surface area (Å²) in [7, 11) is 2.16. The number of hydrogen-bond donors (Lipinski definition) is 1. The van der Waals surface area contributed by atoms with Crippen molar-refractivity contribution in [2.45, 2.75) is 65.1 Å². The number of carbonyl (C=O) groups excluding carboxylic acids is 1. The quantitative estimate of drug-likeness (QED) is 0.258. The number of imidazole rings is 1. The van der Waals surface area contributed by atoms with Crippen molar-refractivity contribution in [3.05, 3.63) is 71.3 Å². The molecule has 3 aliphatic heterocycles. The molecule has 0 spiro atoms. The summed E-state index contributed by atoms with van der Waals surface area (Å²) in [6.45, 7) is 14.7. The number of aromatic amines is 1. The van der Waals surface area contributed by atoms with Gasteiger partial charge in [0.15, 0.2) is 0 Å². The molecule has 2 saturated heterocycles. The predicted octanol–water partition coefficient (Wildman–Crippen LogP) is 5.10. The topological polar surface area (TPSA) is 118 Å². The Morgan fingerprint density at radius 2 is 1.92 bits per heavy atom. The van der Waals surface area contributed by atoms with Gasteiger partial charge in [0.05, 0.1) is 41.6 Å². The van der Waals surface area contributed by atoms with Crippen molar-refractivity contribution in [3.8, 4) is 23.1 Å². The number of nitrogens with one attached hydrogen (secondary N) is 1. The van der Waals surface area contributed by atoms with E-state index in [9.17, 15) is 10.1 Å². The van der Waals surface area contributed by atoms with Gasteiger partial charge >= 0.3 is 0 Å². The molecule has 2 fully saturated rings. The van der Waals surface area contributed by atoms with E-state index in [-0.39, 0.29) is 18.4 Å². The molecule has 1 aromatic carbocycles. The fourth-order valence-corrected chi connectivity index (χ4v) is 8.07. The van der Waals surface area contributed by atoms with E-state index in [1.165, 1.54) is 22.8 Å². The van der Waals surface area contributed by atoms with Crippen molar-refractivity contribution in [2.75, 3.05) is 56.2 Å². The lowest BCUT2D eigenvalue weighted by molar-refractivity contribution is -0.128. The second kappa shape index (κ2) is 13.5. The molecule has 2 atom stereocenters. The van der Waals surface area contributed by atoms with Crippen molar-refractivity contribution >= 4 is 28.4 Å². The number of H-pyrrole nitrogens is 1. The van der Waals surface area contributed by atoms with E-state index in [0.717, 1.165) is 77.3 Å². The normalized spacial score (nSPS) is 19.6. The Hall–Kier alpha value is -4.95. The third kappa shape index (κ3) is 5.99. The number of anilines is 2. The number of carbonyl (C=O) groups is 1. The SMILES string of the molecule is C=CC(=O)N1CCN(c2nc(OC[C@@H]3CCCN3C)c(-c3c(C)ccnc3C)c3c2CCN(c2c(C)ccc4[nH]cnc24)C3)C[C@@H]1CC#N. The summed E-state index contributed by atoms with van der Waals surface area (Å²) in [6, 6.07) is 8.67. The molecule has 11 nitrogen and oxygen atoms in total. The van der Waals surface area contributed by atoms with Gasteiger partial charge in [0, 0.05) is 61.8 Å². The van der Waals surface area contributed by atoms with Crippen LogP contribution in [0.3, 0.4) is 0 Å². The minimum Gasteiger partial charge on any atom is -0.475 e. The standard InChI is InChI=1S/C38H45N9O2/c1-6-32(48)47-19-18-46(20-27(47)11-14-39)37-29-13-17-45(36-25(3)9-10-31-35(36)42-23-41-31)21-30(29)34(33-24(2)12-15-40-26(33)4)38(43-37)49-22-28-8-7-16-44(28)5/h6,9-10,12,15,23,27-28H,1,7-8,11,13,16-22H2,2-5H3,(H,41,42)/t27-,28-/m0/s1. The summed E-state index contributed by atoms with van der Waals surface area (Å²) in [6.07, 6.45) is 8.22. The van der Waals surface area contributed by atoms with E-state index in [4.69, 9.17) is 19.7 Å². The number of pyridine rings is 2. The van der Waals surface area contributed by atoms with Crippen LogP contribution in [0.5, 0.6) is 5.88 Å².